The predicted octanol–water partition coefficient (Wildman–Crippen LogP) is 5.56. The summed E-state index contributed by atoms with van der Waals surface area (Å²) in [5.74, 6) is 1.30. The number of nitrogens with zero attached hydrogens (tertiary/aromatic N) is 5. The Balaban J connectivity index is 1.31. The summed E-state index contributed by atoms with van der Waals surface area (Å²) < 4.78 is 46.1. The molecule has 0 amide bonds. The molecule has 0 unspecified atom stereocenters. The topological polar surface area (TPSA) is 71.7 Å². The van der Waals surface area contributed by atoms with Gasteiger partial charge in [-0.05, 0) is 80.2 Å². The van der Waals surface area contributed by atoms with E-state index >= 15 is 0 Å². The van der Waals surface area contributed by atoms with Crippen molar-refractivity contribution in [3.63, 3.8) is 0 Å². The van der Waals surface area contributed by atoms with Crippen LogP contribution in [0.4, 0.5) is 13.2 Å². The Hall–Kier alpha value is -3.40. The molecule has 1 aromatic carbocycles. The van der Waals surface area contributed by atoms with Crippen LogP contribution in [0.1, 0.15) is 68.1 Å². The van der Waals surface area contributed by atoms with Gasteiger partial charge in [-0.15, -0.1) is 10.2 Å². The number of hydrogen-bond donors (Lipinski definition) is 1. The third kappa shape index (κ3) is 4.10. The Labute approximate surface area is 230 Å². The molecule has 2 aliphatic carbocycles. The minimum atomic E-state index is -4.61. The minimum absolute atomic E-state index is 0.00588. The number of nitrogens with one attached hydrogen (secondary N) is 1. The summed E-state index contributed by atoms with van der Waals surface area (Å²) in [5.41, 5.74) is 0.671. The molecule has 7 nitrogen and oxygen atoms in total. The lowest BCUT2D eigenvalue weighted by atomic mass is 9.58. The van der Waals surface area contributed by atoms with Gasteiger partial charge in [0.05, 0.1) is 11.0 Å². The van der Waals surface area contributed by atoms with Crippen LogP contribution in [0.25, 0.3) is 16.6 Å². The van der Waals surface area contributed by atoms with Crippen molar-refractivity contribution in [2.24, 2.45) is 18.4 Å². The number of aromatic nitrogens is 5. The summed E-state index contributed by atoms with van der Waals surface area (Å²) in [6.07, 6.45) is 4.50. The second-order valence-corrected chi connectivity index (χ2v) is 12.5. The maximum Gasteiger partial charge on any atom is 0.418 e. The molecule has 4 heterocycles. The molecule has 1 saturated heterocycles. The summed E-state index contributed by atoms with van der Waals surface area (Å²) in [6, 6.07) is 8.82. The van der Waals surface area contributed by atoms with E-state index in [0.717, 1.165) is 54.5 Å². The third-order valence-corrected chi connectivity index (χ3v) is 9.46. The van der Waals surface area contributed by atoms with Crippen LogP contribution in [0.5, 0.6) is 0 Å². The highest BCUT2D eigenvalue weighted by molar-refractivity contribution is 5.84. The van der Waals surface area contributed by atoms with Crippen molar-refractivity contribution in [3.8, 4) is 5.69 Å². The normalized spacial score (nSPS) is 24.5. The van der Waals surface area contributed by atoms with E-state index in [9.17, 15) is 18.0 Å². The molecule has 1 N–H and O–H groups in total. The highest BCUT2D eigenvalue weighted by Gasteiger charge is 2.48. The van der Waals surface area contributed by atoms with Gasteiger partial charge in [0.2, 0.25) is 0 Å². The highest BCUT2D eigenvalue weighted by Crippen LogP contribution is 2.53. The van der Waals surface area contributed by atoms with Crippen LogP contribution >= 0.6 is 0 Å². The molecule has 2 saturated carbocycles. The number of piperidine rings is 1. The first-order chi connectivity index (χ1) is 19.1. The Morgan fingerprint density at radius 1 is 1.15 bits per heavy atom. The Bertz CT molecular complexity index is 1650. The van der Waals surface area contributed by atoms with Crippen LogP contribution in [0.3, 0.4) is 0 Å². The van der Waals surface area contributed by atoms with Gasteiger partial charge in [0, 0.05) is 43.1 Å². The van der Waals surface area contributed by atoms with Crippen molar-refractivity contribution in [2.75, 3.05) is 13.1 Å². The van der Waals surface area contributed by atoms with Crippen molar-refractivity contribution >= 4 is 10.9 Å². The number of rotatable bonds is 5. The van der Waals surface area contributed by atoms with Crippen molar-refractivity contribution in [1.82, 2.24) is 29.2 Å². The fraction of sp³-hybridized carbons (Fsp3) is 0.500. The van der Waals surface area contributed by atoms with E-state index in [1.165, 1.54) is 25.3 Å². The molecule has 1 spiro atoms. The second-order valence-electron chi connectivity index (χ2n) is 12.5. The maximum absolute atomic E-state index is 14.4. The van der Waals surface area contributed by atoms with Crippen LogP contribution in [0.2, 0.25) is 0 Å². The number of H-pyrrole nitrogens is 1. The molecule has 4 aromatic rings. The standard InChI is InChI=1S/C30H33F3N6O/c1-19-13-29(14-19,27-36-34-18-37(27)2)20-5-3-6-22(11-20)39-16-24(30(31,32)33)23-12-21(35-25(23)26(39)40)15-38-10-4-7-28(17-38)8-9-28/h3,5-6,11-12,16,18-19,35H,4,7-10,13-15,17H2,1-2H3. The van der Waals surface area contributed by atoms with Crippen molar-refractivity contribution < 1.29 is 13.2 Å². The Kier molecular flexibility index (Phi) is 5.62. The van der Waals surface area contributed by atoms with E-state index in [4.69, 9.17) is 0 Å². The van der Waals surface area contributed by atoms with Gasteiger partial charge in [0.25, 0.3) is 5.56 Å². The summed E-state index contributed by atoms with van der Waals surface area (Å²) in [4.78, 5) is 19.1. The fourth-order valence-corrected chi connectivity index (χ4v) is 7.39. The van der Waals surface area contributed by atoms with Crippen LogP contribution in [-0.2, 0) is 25.2 Å². The van der Waals surface area contributed by atoms with Crippen LogP contribution in [-0.4, -0.2) is 42.3 Å². The monoisotopic (exact) mass is 550 g/mol. The van der Waals surface area contributed by atoms with Gasteiger partial charge in [0.1, 0.15) is 17.7 Å². The second kappa shape index (κ2) is 8.80. The van der Waals surface area contributed by atoms with Gasteiger partial charge in [0.15, 0.2) is 0 Å². The third-order valence-electron chi connectivity index (χ3n) is 9.46. The van der Waals surface area contributed by atoms with Crippen molar-refractivity contribution in [2.45, 2.75) is 63.6 Å². The SMILES string of the molecule is CC1CC(c2cccc(-n3cc(C(F)(F)F)c4cc(CN5CCCC6(CC6)C5)[nH]c4c3=O)c2)(c2nncn2C)C1. The zero-order valence-corrected chi connectivity index (χ0v) is 22.8. The molecule has 3 aromatic heterocycles. The molecule has 1 aliphatic heterocycles. The zero-order valence-electron chi connectivity index (χ0n) is 22.8. The van der Waals surface area contributed by atoms with E-state index in [1.54, 1.807) is 18.5 Å². The molecule has 7 rings (SSSR count). The molecule has 0 atom stereocenters. The van der Waals surface area contributed by atoms with Crippen LogP contribution < -0.4 is 5.56 Å². The molecule has 10 heteroatoms. The van der Waals surface area contributed by atoms with Gasteiger partial charge < -0.3 is 9.55 Å². The van der Waals surface area contributed by atoms with Crippen molar-refractivity contribution in [3.05, 3.63) is 75.9 Å². The molecule has 0 radical (unpaired) electrons. The number of benzene rings is 1. The molecular formula is C30H33F3N6O. The van der Waals surface area contributed by atoms with E-state index in [-0.39, 0.29) is 10.9 Å². The summed E-state index contributed by atoms with van der Waals surface area (Å²) in [7, 11) is 1.90. The summed E-state index contributed by atoms with van der Waals surface area (Å²) in [5, 5.41) is 8.38. The van der Waals surface area contributed by atoms with Gasteiger partial charge in [-0.3, -0.25) is 14.3 Å². The smallest absolute Gasteiger partial charge is 0.353 e. The maximum atomic E-state index is 14.4. The number of alkyl halides is 3. The molecule has 40 heavy (non-hydrogen) atoms. The van der Waals surface area contributed by atoms with Crippen LogP contribution in [0, 0.1) is 11.3 Å². The van der Waals surface area contributed by atoms with E-state index in [2.05, 4.69) is 27.0 Å². The largest absolute Gasteiger partial charge is 0.418 e. The van der Waals surface area contributed by atoms with Gasteiger partial charge in [-0.25, -0.2) is 0 Å². The first kappa shape index (κ1) is 25.6. The number of fused-ring (bicyclic) bond motifs is 1. The lowest BCUT2D eigenvalue weighted by Gasteiger charge is -2.46. The first-order valence-electron chi connectivity index (χ1n) is 14.1. The number of aryl methyl sites for hydroxylation is 1. The summed E-state index contributed by atoms with van der Waals surface area (Å²) in [6.45, 7) is 4.58. The summed E-state index contributed by atoms with van der Waals surface area (Å²) >= 11 is 0. The Morgan fingerprint density at radius 2 is 1.95 bits per heavy atom. The number of pyridine rings is 1. The Morgan fingerprint density at radius 3 is 2.62 bits per heavy atom. The molecular weight excluding hydrogens is 517 g/mol. The number of hydrogen-bond acceptors (Lipinski definition) is 4. The lowest BCUT2D eigenvalue weighted by molar-refractivity contribution is -0.136. The molecule has 0 bridgehead atoms. The number of aromatic amines is 1. The molecule has 3 aliphatic rings. The average molecular weight is 551 g/mol. The van der Waals surface area contributed by atoms with E-state index in [1.807, 2.05) is 23.7 Å². The van der Waals surface area contributed by atoms with E-state index in [0.29, 0.717) is 29.3 Å². The van der Waals surface area contributed by atoms with E-state index < -0.39 is 22.7 Å². The van der Waals surface area contributed by atoms with Gasteiger partial charge in [-0.1, -0.05) is 19.1 Å². The molecule has 210 valence electrons. The van der Waals surface area contributed by atoms with Gasteiger partial charge in [-0.2, -0.15) is 13.2 Å². The average Bonchev–Trinajstić information content (AvgIpc) is 3.27. The minimum Gasteiger partial charge on any atom is -0.353 e. The van der Waals surface area contributed by atoms with Gasteiger partial charge >= 0.3 is 6.18 Å². The predicted molar refractivity (Wildman–Crippen MR) is 145 cm³/mol. The first-order valence-corrected chi connectivity index (χ1v) is 14.1. The lowest BCUT2D eigenvalue weighted by Crippen LogP contribution is -2.43. The molecule has 3 fully saturated rings. The highest BCUT2D eigenvalue weighted by atomic mass is 19.4. The van der Waals surface area contributed by atoms with Crippen LogP contribution in [0.15, 0.2) is 47.7 Å². The zero-order chi connectivity index (χ0) is 27.9. The van der Waals surface area contributed by atoms with Crippen molar-refractivity contribution in [1.29, 1.82) is 0 Å². The quantitative estimate of drug-likeness (QED) is 0.353. The number of likely N-dealkylation sites (tertiary alicyclic amines) is 1. The fourth-order valence-electron chi connectivity index (χ4n) is 7.39. The number of halogens is 3.